The second-order valence-corrected chi connectivity index (χ2v) is 2.86. The van der Waals surface area contributed by atoms with Gasteiger partial charge in [0.15, 0.2) is 0 Å². The molecule has 0 fully saturated rings. The van der Waals surface area contributed by atoms with E-state index < -0.39 is 10.1 Å². The molecule has 46 valence electrons. The van der Waals surface area contributed by atoms with Gasteiger partial charge in [0.1, 0.15) is 0 Å². The maximum atomic E-state index is 9.79. The van der Waals surface area contributed by atoms with Crippen LogP contribution >= 0.6 is 0 Å². The maximum Gasteiger partial charge on any atom is 1.00 e. The first-order valence-electron chi connectivity index (χ1n) is 2.01. The number of rotatable bonds is 2. The van der Waals surface area contributed by atoms with Crippen molar-refractivity contribution in [2.45, 2.75) is 13.3 Å². The Labute approximate surface area is 73.0 Å². The van der Waals surface area contributed by atoms with Crippen LogP contribution in [0.5, 0.6) is 0 Å². The fraction of sp³-hybridized carbons (Fsp3) is 1.00. The standard InChI is InChI=1S/C3H8O3S.Na.H/c1-2-3-7(4,5)6;;/h2-3H2,1H3,(H,4,5,6);;/q;+1;-1. The van der Waals surface area contributed by atoms with Crippen LogP contribution in [0.2, 0.25) is 0 Å². The maximum absolute atomic E-state index is 9.79. The van der Waals surface area contributed by atoms with E-state index in [4.69, 9.17) is 4.55 Å². The van der Waals surface area contributed by atoms with E-state index in [0.29, 0.717) is 6.42 Å². The zero-order valence-corrected chi connectivity index (χ0v) is 7.90. The van der Waals surface area contributed by atoms with E-state index in [0.717, 1.165) is 0 Å². The predicted octanol–water partition coefficient (Wildman–Crippen LogP) is -2.60. The Hall–Kier alpha value is 0.910. The molecule has 0 bridgehead atoms. The topological polar surface area (TPSA) is 54.4 Å². The van der Waals surface area contributed by atoms with Crippen LogP contribution in [-0.2, 0) is 10.1 Å². The van der Waals surface area contributed by atoms with E-state index in [1.54, 1.807) is 6.92 Å². The molecule has 0 rings (SSSR count). The molecule has 0 heterocycles. The van der Waals surface area contributed by atoms with Gasteiger partial charge in [-0.2, -0.15) is 8.42 Å². The van der Waals surface area contributed by atoms with Gasteiger partial charge in [-0.3, -0.25) is 4.55 Å². The Bertz CT molecular complexity index is 132. The monoisotopic (exact) mass is 148 g/mol. The normalized spacial score (nSPS) is 10.2. The summed E-state index contributed by atoms with van der Waals surface area (Å²) in [5.74, 6) is -0.132. The van der Waals surface area contributed by atoms with E-state index in [2.05, 4.69) is 0 Å². The Morgan fingerprint density at radius 3 is 2.00 bits per heavy atom. The smallest absolute Gasteiger partial charge is 1.00 e. The van der Waals surface area contributed by atoms with Gasteiger partial charge in [-0.1, -0.05) is 6.92 Å². The molecule has 1 N–H and O–H groups in total. The molecule has 0 unspecified atom stereocenters. The van der Waals surface area contributed by atoms with Crippen LogP contribution in [0.4, 0.5) is 0 Å². The van der Waals surface area contributed by atoms with Crippen molar-refractivity contribution in [2.75, 3.05) is 5.75 Å². The second kappa shape index (κ2) is 4.76. The number of hydrogen-bond acceptors (Lipinski definition) is 2. The quantitative estimate of drug-likeness (QED) is 0.345. The van der Waals surface area contributed by atoms with Crippen molar-refractivity contribution in [1.82, 2.24) is 0 Å². The van der Waals surface area contributed by atoms with Crippen molar-refractivity contribution in [1.29, 1.82) is 0 Å². The molecule has 0 atom stereocenters. The van der Waals surface area contributed by atoms with Crippen molar-refractivity contribution in [3.8, 4) is 0 Å². The summed E-state index contributed by atoms with van der Waals surface area (Å²) < 4.78 is 27.6. The van der Waals surface area contributed by atoms with Crippen LogP contribution in [-0.4, -0.2) is 18.7 Å². The van der Waals surface area contributed by atoms with Gasteiger partial charge in [-0.25, -0.2) is 0 Å². The minimum atomic E-state index is -3.67. The largest absolute Gasteiger partial charge is 1.00 e. The van der Waals surface area contributed by atoms with Crippen LogP contribution in [0.1, 0.15) is 14.8 Å². The van der Waals surface area contributed by atoms with Crippen molar-refractivity contribution in [3.63, 3.8) is 0 Å². The summed E-state index contributed by atoms with van der Waals surface area (Å²) in [5.41, 5.74) is 0. The first kappa shape index (κ1) is 11.7. The summed E-state index contributed by atoms with van der Waals surface area (Å²) in [6.45, 7) is 1.69. The summed E-state index contributed by atoms with van der Waals surface area (Å²) in [7, 11) is -3.67. The summed E-state index contributed by atoms with van der Waals surface area (Å²) in [5, 5.41) is 0. The Kier molecular flexibility index (Phi) is 6.94. The van der Waals surface area contributed by atoms with E-state index in [9.17, 15) is 8.42 Å². The van der Waals surface area contributed by atoms with E-state index in [1.165, 1.54) is 0 Å². The van der Waals surface area contributed by atoms with Gasteiger partial charge < -0.3 is 1.43 Å². The summed E-state index contributed by atoms with van der Waals surface area (Å²) in [6.07, 6.45) is 0.471. The van der Waals surface area contributed by atoms with Crippen LogP contribution in [0.15, 0.2) is 0 Å². The van der Waals surface area contributed by atoms with Crippen molar-refractivity contribution in [2.24, 2.45) is 0 Å². The molecule has 0 aliphatic heterocycles. The van der Waals surface area contributed by atoms with Crippen molar-refractivity contribution < 1.29 is 44.0 Å². The van der Waals surface area contributed by atoms with Gasteiger partial charge in [0.25, 0.3) is 10.1 Å². The minimum absolute atomic E-state index is 0. The molecule has 0 aliphatic carbocycles. The first-order valence-corrected chi connectivity index (χ1v) is 3.62. The third-order valence-corrected chi connectivity index (χ3v) is 1.39. The van der Waals surface area contributed by atoms with Gasteiger partial charge in [-0.15, -0.1) is 0 Å². The molecular formula is C3H9NaO3S. The molecule has 0 spiro atoms. The molecule has 5 heteroatoms. The molecule has 3 nitrogen and oxygen atoms in total. The fourth-order valence-corrected chi connectivity index (χ4v) is 0.774. The Morgan fingerprint density at radius 2 is 2.00 bits per heavy atom. The second-order valence-electron chi connectivity index (χ2n) is 1.29. The zero-order chi connectivity index (χ0) is 5.91. The molecule has 0 aliphatic rings. The van der Waals surface area contributed by atoms with Crippen LogP contribution < -0.4 is 29.6 Å². The molecule has 0 radical (unpaired) electrons. The average molecular weight is 148 g/mol. The fourth-order valence-electron chi connectivity index (χ4n) is 0.258. The molecule has 0 amide bonds. The van der Waals surface area contributed by atoms with Crippen molar-refractivity contribution >= 4 is 10.1 Å². The SMILES string of the molecule is CCCS(=O)(=O)O.[H-].[Na+]. The first-order chi connectivity index (χ1) is 3.06. The van der Waals surface area contributed by atoms with Gasteiger partial charge in [0.05, 0.1) is 5.75 Å². The minimum Gasteiger partial charge on any atom is -1.00 e. The van der Waals surface area contributed by atoms with Gasteiger partial charge in [0.2, 0.25) is 0 Å². The summed E-state index contributed by atoms with van der Waals surface area (Å²) in [6, 6.07) is 0. The predicted molar refractivity (Wildman–Crippen MR) is 27.8 cm³/mol. The van der Waals surface area contributed by atoms with E-state index in [-0.39, 0.29) is 36.7 Å². The molecule has 0 saturated carbocycles. The summed E-state index contributed by atoms with van der Waals surface area (Å²) >= 11 is 0. The molecule has 0 aromatic carbocycles. The molecule has 0 aromatic rings. The molecule has 0 aromatic heterocycles. The van der Waals surface area contributed by atoms with Gasteiger partial charge in [-0.05, 0) is 6.42 Å². The van der Waals surface area contributed by atoms with Crippen LogP contribution in [0, 0.1) is 0 Å². The molecule has 8 heavy (non-hydrogen) atoms. The van der Waals surface area contributed by atoms with Gasteiger partial charge in [0, 0.05) is 0 Å². The van der Waals surface area contributed by atoms with Crippen LogP contribution in [0.25, 0.3) is 0 Å². The molecular weight excluding hydrogens is 139 g/mol. The van der Waals surface area contributed by atoms with E-state index >= 15 is 0 Å². The van der Waals surface area contributed by atoms with Crippen LogP contribution in [0.3, 0.4) is 0 Å². The Balaban J connectivity index is -0.000000180. The van der Waals surface area contributed by atoms with Crippen molar-refractivity contribution in [3.05, 3.63) is 0 Å². The molecule has 0 saturated heterocycles. The third kappa shape index (κ3) is 10.0. The number of hydrogen-bond donors (Lipinski definition) is 1. The summed E-state index contributed by atoms with van der Waals surface area (Å²) in [4.78, 5) is 0. The average Bonchev–Trinajstić information content (AvgIpc) is 1.30. The van der Waals surface area contributed by atoms with E-state index in [1.807, 2.05) is 0 Å². The third-order valence-electron chi connectivity index (χ3n) is 0.462. The van der Waals surface area contributed by atoms with Gasteiger partial charge >= 0.3 is 29.6 Å². The zero-order valence-electron chi connectivity index (χ0n) is 6.09. The Morgan fingerprint density at radius 1 is 1.62 bits per heavy atom.